The van der Waals surface area contributed by atoms with Gasteiger partial charge in [0.2, 0.25) is 0 Å². The minimum absolute atomic E-state index is 0.0115. The zero-order valence-corrected chi connectivity index (χ0v) is 13.2. The molecule has 1 aromatic rings. The molecule has 0 aromatic heterocycles. The van der Waals surface area contributed by atoms with Gasteiger partial charge < -0.3 is 10.1 Å². The van der Waals surface area contributed by atoms with Crippen molar-refractivity contribution in [2.75, 3.05) is 13.1 Å². The number of nitrogens with one attached hydrogen (secondary N) is 1. The van der Waals surface area contributed by atoms with E-state index in [1.165, 1.54) is 12.8 Å². The van der Waals surface area contributed by atoms with Crippen LogP contribution < -0.4 is 5.32 Å². The molecule has 1 saturated carbocycles. The Bertz CT molecular complexity index is 476. The van der Waals surface area contributed by atoms with Gasteiger partial charge in [0.05, 0.1) is 11.7 Å². The van der Waals surface area contributed by atoms with Crippen LogP contribution in [-0.4, -0.2) is 18.7 Å². The molecular formula is C17H24ClNO. The molecule has 0 amide bonds. The van der Waals surface area contributed by atoms with Crippen molar-refractivity contribution >= 4 is 11.6 Å². The lowest BCUT2D eigenvalue weighted by Crippen LogP contribution is -2.53. The third-order valence-electron chi connectivity index (χ3n) is 4.94. The Morgan fingerprint density at radius 3 is 2.55 bits per heavy atom. The molecule has 1 heterocycles. The fraction of sp³-hybridized carbons (Fsp3) is 0.647. The van der Waals surface area contributed by atoms with Crippen LogP contribution in [-0.2, 0) is 4.74 Å². The highest BCUT2D eigenvalue weighted by Gasteiger charge is 2.43. The van der Waals surface area contributed by atoms with Crippen molar-refractivity contribution in [1.82, 2.24) is 5.32 Å². The molecule has 1 N–H and O–H groups in total. The summed E-state index contributed by atoms with van der Waals surface area (Å²) in [5, 5.41) is 4.38. The van der Waals surface area contributed by atoms with E-state index < -0.39 is 0 Å². The Balaban J connectivity index is 1.76. The van der Waals surface area contributed by atoms with E-state index in [9.17, 15) is 0 Å². The fourth-order valence-electron chi connectivity index (χ4n) is 3.40. The first-order valence-corrected chi connectivity index (χ1v) is 8.01. The van der Waals surface area contributed by atoms with Gasteiger partial charge in [-0.15, -0.1) is 0 Å². The Labute approximate surface area is 126 Å². The van der Waals surface area contributed by atoms with Crippen LogP contribution in [0.2, 0.25) is 5.02 Å². The topological polar surface area (TPSA) is 21.3 Å². The molecule has 1 saturated heterocycles. The molecule has 1 spiro atoms. The molecule has 1 aliphatic carbocycles. The lowest BCUT2D eigenvalue weighted by Gasteiger charge is -2.48. The van der Waals surface area contributed by atoms with E-state index in [0.717, 1.165) is 36.5 Å². The molecule has 3 rings (SSSR count). The molecule has 2 fully saturated rings. The highest BCUT2D eigenvalue weighted by atomic mass is 35.5. The van der Waals surface area contributed by atoms with Gasteiger partial charge in [-0.1, -0.05) is 43.6 Å². The van der Waals surface area contributed by atoms with E-state index >= 15 is 0 Å². The van der Waals surface area contributed by atoms with E-state index in [4.69, 9.17) is 16.3 Å². The van der Waals surface area contributed by atoms with Gasteiger partial charge in [-0.3, -0.25) is 0 Å². The number of hydrogen-bond donors (Lipinski definition) is 1. The van der Waals surface area contributed by atoms with Crippen LogP contribution in [0.5, 0.6) is 0 Å². The first-order valence-electron chi connectivity index (χ1n) is 7.63. The predicted octanol–water partition coefficient (Wildman–Crippen LogP) is 4.34. The molecule has 0 bridgehead atoms. The Hall–Kier alpha value is -0.570. The van der Waals surface area contributed by atoms with Crippen molar-refractivity contribution in [2.45, 2.75) is 51.2 Å². The third kappa shape index (κ3) is 2.88. The van der Waals surface area contributed by atoms with Gasteiger partial charge >= 0.3 is 0 Å². The second-order valence-corrected chi connectivity index (χ2v) is 7.51. The molecule has 1 aromatic carbocycles. The maximum Gasteiger partial charge on any atom is 0.0971 e. The number of benzene rings is 1. The summed E-state index contributed by atoms with van der Waals surface area (Å²) in [5.74, 6) is 0. The smallest absolute Gasteiger partial charge is 0.0971 e. The van der Waals surface area contributed by atoms with Crippen LogP contribution in [0, 0.1) is 5.41 Å². The third-order valence-corrected chi connectivity index (χ3v) is 5.28. The largest absolute Gasteiger partial charge is 0.364 e. The lowest BCUT2D eigenvalue weighted by molar-refractivity contribution is -0.147. The summed E-state index contributed by atoms with van der Waals surface area (Å²) in [5.41, 5.74) is 1.59. The van der Waals surface area contributed by atoms with Gasteiger partial charge in [0.1, 0.15) is 0 Å². The number of morpholine rings is 1. The molecule has 0 radical (unpaired) electrons. The van der Waals surface area contributed by atoms with Crippen LogP contribution in [0.25, 0.3) is 0 Å². The van der Waals surface area contributed by atoms with Crippen molar-refractivity contribution in [2.24, 2.45) is 5.41 Å². The predicted molar refractivity (Wildman–Crippen MR) is 83.1 cm³/mol. The molecule has 2 nitrogen and oxygen atoms in total. The molecule has 3 heteroatoms. The molecule has 2 aliphatic rings. The van der Waals surface area contributed by atoms with Crippen molar-refractivity contribution in [1.29, 1.82) is 0 Å². The quantitative estimate of drug-likeness (QED) is 0.831. The maximum absolute atomic E-state index is 6.53. The minimum atomic E-state index is 0.0115. The maximum atomic E-state index is 6.53. The summed E-state index contributed by atoms with van der Waals surface area (Å²) in [6.07, 6.45) is 4.86. The molecule has 1 atom stereocenters. The van der Waals surface area contributed by atoms with Crippen LogP contribution in [0.4, 0.5) is 0 Å². The van der Waals surface area contributed by atoms with E-state index in [0.29, 0.717) is 5.41 Å². The molecular weight excluding hydrogens is 270 g/mol. The van der Waals surface area contributed by atoms with Gasteiger partial charge in [-0.25, -0.2) is 0 Å². The van der Waals surface area contributed by atoms with Crippen molar-refractivity contribution in [3.8, 4) is 0 Å². The molecule has 1 aliphatic heterocycles. The zero-order valence-electron chi connectivity index (χ0n) is 12.4. The van der Waals surface area contributed by atoms with Crippen LogP contribution in [0.3, 0.4) is 0 Å². The Morgan fingerprint density at radius 1 is 1.15 bits per heavy atom. The standard InChI is InChI=1S/C17H24ClNO/c1-16(2)7-9-17(10-8-16)12-19-11-15(20-17)13-5-3-4-6-14(13)18/h3-6,15,19H,7-12H2,1-2H3. The van der Waals surface area contributed by atoms with Crippen molar-refractivity contribution < 1.29 is 4.74 Å². The zero-order chi connectivity index (χ0) is 14.2. The van der Waals surface area contributed by atoms with Gasteiger partial charge in [-0.05, 0) is 37.2 Å². The second-order valence-electron chi connectivity index (χ2n) is 7.11. The monoisotopic (exact) mass is 293 g/mol. The number of ether oxygens (including phenoxy) is 1. The summed E-state index contributed by atoms with van der Waals surface area (Å²) in [7, 11) is 0. The fourth-order valence-corrected chi connectivity index (χ4v) is 3.66. The van der Waals surface area contributed by atoms with Crippen LogP contribution in [0.1, 0.15) is 51.2 Å². The summed E-state index contributed by atoms with van der Waals surface area (Å²) < 4.78 is 6.53. The van der Waals surface area contributed by atoms with Gasteiger partial charge in [0, 0.05) is 23.7 Å². The number of rotatable bonds is 1. The SMILES string of the molecule is CC1(C)CCC2(CC1)CNCC(c1ccccc1Cl)O2. The number of halogens is 1. The van der Waals surface area contributed by atoms with Gasteiger partial charge in [0.15, 0.2) is 0 Å². The van der Waals surface area contributed by atoms with Crippen LogP contribution >= 0.6 is 11.6 Å². The van der Waals surface area contributed by atoms with Gasteiger partial charge in [0.25, 0.3) is 0 Å². The average Bonchev–Trinajstić information content (AvgIpc) is 2.44. The van der Waals surface area contributed by atoms with E-state index in [1.54, 1.807) is 0 Å². The Kier molecular flexibility index (Phi) is 3.83. The first-order chi connectivity index (χ1) is 9.50. The summed E-state index contributed by atoms with van der Waals surface area (Å²) in [6, 6.07) is 8.04. The molecule has 110 valence electrons. The normalized spacial score (nSPS) is 28.4. The summed E-state index contributed by atoms with van der Waals surface area (Å²) in [6.45, 7) is 6.56. The lowest BCUT2D eigenvalue weighted by atomic mass is 9.70. The van der Waals surface area contributed by atoms with Crippen LogP contribution in [0.15, 0.2) is 24.3 Å². The van der Waals surface area contributed by atoms with Gasteiger partial charge in [-0.2, -0.15) is 0 Å². The second kappa shape index (κ2) is 5.32. The highest BCUT2D eigenvalue weighted by Crippen LogP contribution is 2.45. The molecule has 20 heavy (non-hydrogen) atoms. The molecule has 1 unspecified atom stereocenters. The minimum Gasteiger partial charge on any atom is -0.364 e. The van der Waals surface area contributed by atoms with Crippen molar-refractivity contribution in [3.63, 3.8) is 0 Å². The summed E-state index contributed by atoms with van der Waals surface area (Å²) >= 11 is 6.32. The highest BCUT2D eigenvalue weighted by molar-refractivity contribution is 6.31. The first kappa shape index (κ1) is 14.4. The van der Waals surface area contributed by atoms with E-state index in [2.05, 4.69) is 25.2 Å². The summed E-state index contributed by atoms with van der Waals surface area (Å²) in [4.78, 5) is 0. The van der Waals surface area contributed by atoms with E-state index in [1.807, 2.05) is 18.2 Å². The van der Waals surface area contributed by atoms with E-state index in [-0.39, 0.29) is 11.7 Å². The Morgan fingerprint density at radius 2 is 1.85 bits per heavy atom. The number of hydrogen-bond acceptors (Lipinski definition) is 2. The average molecular weight is 294 g/mol. The van der Waals surface area contributed by atoms with Crippen molar-refractivity contribution in [3.05, 3.63) is 34.9 Å².